The van der Waals surface area contributed by atoms with Gasteiger partial charge in [-0.15, -0.1) is 0 Å². The van der Waals surface area contributed by atoms with Crippen LogP contribution in [0, 0.1) is 0 Å². The van der Waals surface area contributed by atoms with Crippen LogP contribution in [-0.2, 0) is 24.3 Å². The van der Waals surface area contributed by atoms with Crippen molar-refractivity contribution in [1.82, 2.24) is 24.4 Å². The van der Waals surface area contributed by atoms with E-state index in [1.165, 1.54) is 23.4 Å². The molecule has 9 heteroatoms. The number of nitrogens with one attached hydrogen (secondary N) is 1. The first-order valence-corrected chi connectivity index (χ1v) is 11.4. The molecule has 2 heterocycles. The molecule has 2 aromatic heterocycles. The van der Waals surface area contributed by atoms with Crippen LogP contribution in [0.2, 0.25) is 0 Å². The van der Waals surface area contributed by atoms with Gasteiger partial charge in [0.2, 0.25) is 5.91 Å². The van der Waals surface area contributed by atoms with E-state index >= 15 is 0 Å². The smallest absolute Gasteiger partial charge is 0.332 e. The maximum atomic E-state index is 12.9. The normalized spacial score (nSPS) is 12.7. The first-order chi connectivity index (χ1) is 15.0. The average Bonchev–Trinajstić information content (AvgIpc) is 2.77. The zero-order chi connectivity index (χ0) is 23.6. The van der Waals surface area contributed by atoms with Crippen molar-refractivity contribution < 1.29 is 4.79 Å². The Morgan fingerprint density at radius 3 is 2.38 bits per heavy atom. The van der Waals surface area contributed by atoms with Crippen LogP contribution < -0.4 is 16.6 Å². The highest BCUT2D eigenvalue weighted by atomic mass is 32.2. The standard InChI is InChI=1S/C23H29N5O3S/c1-14(15-10-8-7-9-11-15)12-24-16(29)13-32-19-17-18(25-21(26-19)23(2,3)4)27(5)22(31)28(6)20(17)30/h7-11,14H,12-13H2,1-6H3,(H,24,29)/t14-/m0/s1. The summed E-state index contributed by atoms with van der Waals surface area (Å²) in [6.07, 6.45) is 0. The third-order valence-electron chi connectivity index (χ3n) is 5.25. The fourth-order valence-corrected chi connectivity index (χ4v) is 4.06. The number of carbonyl (C=O) groups is 1. The largest absolute Gasteiger partial charge is 0.355 e. The Labute approximate surface area is 191 Å². The number of thioether (sulfide) groups is 1. The highest BCUT2D eigenvalue weighted by Gasteiger charge is 2.24. The van der Waals surface area contributed by atoms with E-state index in [-0.39, 0.29) is 28.6 Å². The molecule has 1 N–H and O–H groups in total. The average molecular weight is 456 g/mol. The van der Waals surface area contributed by atoms with E-state index in [9.17, 15) is 14.4 Å². The lowest BCUT2D eigenvalue weighted by atomic mass is 9.96. The highest BCUT2D eigenvalue weighted by Crippen LogP contribution is 2.26. The van der Waals surface area contributed by atoms with Crippen molar-refractivity contribution >= 4 is 28.7 Å². The second-order valence-corrected chi connectivity index (χ2v) is 9.88. The molecular formula is C23H29N5O3S. The first kappa shape index (κ1) is 23.7. The lowest BCUT2D eigenvalue weighted by Gasteiger charge is -2.19. The Morgan fingerprint density at radius 1 is 1.09 bits per heavy atom. The van der Waals surface area contributed by atoms with Gasteiger partial charge >= 0.3 is 5.69 Å². The third kappa shape index (κ3) is 4.93. The molecular weight excluding hydrogens is 426 g/mol. The molecule has 0 unspecified atom stereocenters. The molecule has 0 aliphatic rings. The Hall–Kier alpha value is -2.94. The van der Waals surface area contributed by atoms with Crippen molar-refractivity contribution in [3.05, 3.63) is 62.6 Å². The molecule has 32 heavy (non-hydrogen) atoms. The van der Waals surface area contributed by atoms with Gasteiger partial charge in [0.25, 0.3) is 5.56 Å². The molecule has 0 saturated heterocycles. The summed E-state index contributed by atoms with van der Waals surface area (Å²) in [4.78, 5) is 46.9. The van der Waals surface area contributed by atoms with E-state index in [1.807, 2.05) is 51.1 Å². The summed E-state index contributed by atoms with van der Waals surface area (Å²) < 4.78 is 2.38. The van der Waals surface area contributed by atoms with Crippen molar-refractivity contribution in [1.29, 1.82) is 0 Å². The molecule has 0 fully saturated rings. The van der Waals surface area contributed by atoms with Gasteiger partial charge < -0.3 is 5.32 Å². The number of hydrogen-bond acceptors (Lipinski definition) is 6. The number of benzene rings is 1. The van der Waals surface area contributed by atoms with Gasteiger partial charge in [0.1, 0.15) is 16.2 Å². The quantitative estimate of drug-likeness (QED) is 0.452. The zero-order valence-electron chi connectivity index (χ0n) is 19.3. The van der Waals surface area contributed by atoms with E-state index in [4.69, 9.17) is 0 Å². The minimum absolute atomic E-state index is 0.100. The molecule has 170 valence electrons. The number of rotatable bonds is 6. The molecule has 8 nitrogen and oxygen atoms in total. The van der Waals surface area contributed by atoms with Gasteiger partial charge in [-0.2, -0.15) is 0 Å². The zero-order valence-corrected chi connectivity index (χ0v) is 20.1. The van der Waals surface area contributed by atoms with Gasteiger partial charge in [0, 0.05) is 26.1 Å². The molecule has 0 saturated carbocycles. The molecule has 1 aromatic carbocycles. The highest BCUT2D eigenvalue weighted by molar-refractivity contribution is 8.00. The topological polar surface area (TPSA) is 98.9 Å². The third-order valence-corrected chi connectivity index (χ3v) is 6.23. The van der Waals surface area contributed by atoms with Gasteiger partial charge in [-0.3, -0.25) is 18.7 Å². The van der Waals surface area contributed by atoms with Crippen molar-refractivity contribution in [2.75, 3.05) is 12.3 Å². The predicted octanol–water partition coefficient (Wildman–Crippen LogP) is 2.34. The van der Waals surface area contributed by atoms with Gasteiger partial charge in [-0.1, -0.05) is 69.8 Å². The Kier molecular flexibility index (Phi) is 6.88. The molecule has 0 spiro atoms. The van der Waals surface area contributed by atoms with Gasteiger partial charge in [0.05, 0.1) is 5.75 Å². The van der Waals surface area contributed by atoms with Crippen LogP contribution >= 0.6 is 11.8 Å². The van der Waals surface area contributed by atoms with Crippen molar-refractivity contribution in [3.8, 4) is 0 Å². The Balaban J connectivity index is 1.87. The lowest BCUT2D eigenvalue weighted by molar-refractivity contribution is -0.118. The van der Waals surface area contributed by atoms with Crippen LogP contribution in [0.5, 0.6) is 0 Å². The SMILES string of the molecule is C[C@@H](CNC(=O)CSc1nc(C(C)(C)C)nc2c1c(=O)n(C)c(=O)n2C)c1ccccc1. The second kappa shape index (κ2) is 9.28. The van der Waals surface area contributed by atoms with Crippen molar-refractivity contribution in [2.24, 2.45) is 14.1 Å². The van der Waals surface area contributed by atoms with Crippen LogP contribution in [0.15, 0.2) is 44.9 Å². The van der Waals surface area contributed by atoms with Crippen LogP contribution in [0.4, 0.5) is 0 Å². The number of nitrogens with zero attached hydrogens (tertiary/aromatic N) is 4. The van der Waals surface area contributed by atoms with Crippen LogP contribution in [0.3, 0.4) is 0 Å². The molecule has 3 aromatic rings. The summed E-state index contributed by atoms with van der Waals surface area (Å²) in [5.74, 6) is 0.639. The maximum absolute atomic E-state index is 12.9. The summed E-state index contributed by atoms with van der Waals surface area (Å²) in [5.41, 5.74) is 0.113. The maximum Gasteiger partial charge on any atom is 0.332 e. The molecule has 1 atom stereocenters. The van der Waals surface area contributed by atoms with E-state index in [1.54, 1.807) is 7.05 Å². The molecule has 0 radical (unpaired) electrons. The fraction of sp³-hybridized carbons (Fsp3) is 0.435. The number of fused-ring (bicyclic) bond motifs is 1. The first-order valence-electron chi connectivity index (χ1n) is 10.4. The van der Waals surface area contributed by atoms with Crippen LogP contribution in [-0.4, -0.2) is 37.3 Å². The number of aryl methyl sites for hydroxylation is 1. The molecule has 0 bridgehead atoms. The van der Waals surface area contributed by atoms with E-state index in [2.05, 4.69) is 22.2 Å². The Bertz CT molecular complexity index is 1260. The Morgan fingerprint density at radius 2 is 1.75 bits per heavy atom. The second-order valence-electron chi connectivity index (χ2n) is 8.91. The molecule has 0 aliphatic carbocycles. The minimum Gasteiger partial charge on any atom is -0.355 e. The van der Waals surface area contributed by atoms with E-state index < -0.39 is 16.7 Å². The minimum atomic E-state index is -0.468. The summed E-state index contributed by atoms with van der Waals surface area (Å²) in [7, 11) is 3.00. The number of hydrogen-bond donors (Lipinski definition) is 1. The van der Waals surface area contributed by atoms with Crippen LogP contribution in [0.25, 0.3) is 11.0 Å². The number of carbonyl (C=O) groups excluding carboxylic acids is 1. The van der Waals surface area contributed by atoms with Gasteiger partial charge in [-0.05, 0) is 11.5 Å². The molecule has 0 aliphatic heterocycles. The summed E-state index contributed by atoms with van der Waals surface area (Å²) in [5, 5.41) is 3.60. The summed E-state index contributed by atoms with van der Waals surface area (Å²) in [6.45, 7) is 8.44. The van der Waals surface area contributed by atoms with Crippen LogP contribution in [0.1, 0.15) is 45.0 Å². The summed E-state index contributed by atoms with van der Waals surface area (Å²) >= 11 is 1.18. The molecule has 1 amide bonds. The van der Waals surface area contributed by atoms with Crippen molar-refractivity contribution in [2.45, 2.75) is 44.1 Å². The summed E-state index contributed by atoms with van der Waals surface area (Å²) in [6, 6.07) is 9.98. The monoisotopic (exact) mass is 455 g/mol. The van der Waals surface area contributed by atoms with E-state index in [0.29, 0.717) is 17.4 Å². The van der Waals surface area contributed by atoms with E-state index in [0.717, 1.165) is 10.1 Å². The number of aromatic nitrogens is 4. The molecule has 3 rings (SSSR count). The lowest BCUT2D eigenvalue weighted by Crippen LogP contribution is -2.38. The van der Waals surface area contributed by atoms with Crippen molar-refractivity contribution in [3.63, 3.8) is 0 Å². The predicted molar refractivity (Wildman–Crippen MR) is 127 cm³/mol. The van der Waals surface area contributed by atoms with Gasteiger partial charge in [0.15, 0.2) is 5.65 Å². The number of amides is 1. The van der Waals surface area contributed by atoms with Gasteiger partial charge in [-0.25, -0.2) is 14.8 Å². The fourth-order valence-electron chi connectivity index (χ4n) is 3.22.